The van der Waals surface area contributed by atoms with Gasteiger partial charge in [0.15, 0.2) is 0 Å². The molecule has 1 saturated heterocycles. The van der Waals surface area contributed by atoms with Crippen molar-refractivity contribution in [1.82, 2.24) is 9.80 Å². The van der Waals surface area contributed by atoms with Gasteiger partial charge >= 0.3 is 0 Å². The summed E-state index contributed by atoms with van der Waals surface area (Å²) < 4.78 is 27.3. The van der Waals surface area contributed by atoms with Crippen LogP contribution < -0.4 is 0 Å². The molecule has 1 aliphatic rings. The first kappa shape index (κ1) is 14.9. The van der Waals surface area contributed by atoms with Crippen LogP contribution in [0.3, 0.4) is 0 Å². The average Bonchev–Trinajstić information content (AvgIpc) is 2.40. The van der Waals surface area contributed by atoms with Gasteiger partial charge in [-0.1, -0.05) is 0 Å². The van der Waals surface area contributed by atoms with Gasteiger partial charge in [0.2, 0.25) is 0 Å². The minimum atomic E-state index is -0.393. The van der Waals surface area contributed by atoms with E-state index in [1.165, 1.54) is 6.07 Å². The first-order chi connectivity index (χ1) is 9.08. The van der Waals surface area contributed by atoms with Crippen molar-refractivity contribution in [3.8, 4) is 0 Å². The van der Waals surface area contributed by atoms with Gasteiger partial charge in [-0.15, -0.1) is 0 Å². The van der Waals surface area contributed by atoms with Crippen LogP contribution in [0.5, 0.6) is 0 Å². The van der Waals surface area contributed by atoms with E-state index in [-0.39, 0.29) is 10.3 Å². The Kier molecular flexibility index (Phi) is 5.30. The summed E-state index contributed by atoms with van der Waals surface area (Å²) in [6.07, 6.45) is 1.42. The van der Waals surface area contributed by atoms with Gasteiger partial charge in [0.25, 0.3) is 0 Å². The highest BCUT2D eigenvalue weighted by molar-refractivity contribution is 9.10. The molecule has 5 heteroatoms. The molecule has 1 fully saturated rings. The fourth-order valence-electron chi connectivity index (χ4n) is 2.35. The molecule has 0 aliphatic carbocycles. The molecule has 0 radical (unpaired) electrons. The standard InChI is InChI=1S/C14H19BrF2N2/c1-18-7-9-19(10-8-18)6-2-3-11-12(16)4-5-13(17)14(11)15/h4-5H,2-3,6-10H2,1H3. The van der Waals surface area contributed by atoms with Gasteiger partial charge in [-0.05, 0) is 54.5 Å². The van der Waals surface area contributed by atoms with Gasteiger partial charge in [0, 0.05) is 31.7 Å². The average molecular weight is 333 g/mol. The van der Waals surface area contributed by atoms with E-state index in [4.69, 9.17) is 0 Å². The van der Waals surface area contributed by atoms with Crippen LogP contribution >= 0.6 is 15.9 Å². The molecule has 0 atom stereocenters. The van der Waals surface area contributed by atoms with Gasteiger partial charge in [-0.2, -0.15) is 0 Å². The SMILES string of the molecule is CN1CCN(CCCc2c(F)ccc(F)c2Br)CC1. The second-order valence-corrected chi connectivity index (χ2v) is 5.86. The number of hydrogen-bond donors (Lipinski definition) is 0. The highest BCUT2D eigenvalue weighted by Crippen LogP contribution is 2.24. The van der Waals surface area contributed by atoms with E-state index in [0.717, 1.165) is 45.2 Å². The first-order valence-electron chi connectivity index (χ1n) is 6.61. The lowest BCUT2D eigenvalue weighted by Crippen LogP contribution is -2.44. The predicted octanol–water partition coefficient (Wildman–Crippen LogP) is 2.91. The molecule has 106 valence electrons. The van der Waals surface area contributed by atoms with Crippen LogP contribution in [-0.2, 0) is 6.42 Å². The molecule has 0 unspecified atom stereocenters. The van der Waals surface area contributed by atoms with E-state index < -0.39 is 5.82 Å². The van der Waals surface area contributed by atoms with Crippen LogP contribution in [0.4, 0.5) is 8.78 Å². The van der Waals surface area contributed by atoms with Gasteiger partial charge in [-0.25, -0.2) is 8.78 Å². The van der Waals surface area contributed by atoms with Crippen molar-refractivity contribution in [2.45, 2.75) is 12.8 Å². The zero-order chi connectivity index (χ0) is 13.8. The summed E-state index contributed by atoms with van der Waals surface area (Å²) in [6.45, 7) is 5.22. The van der Waals surface area contributed by atoms with E-state index in [0.29, 0.717) is 12.0 Å². The monoisotopic (exact) mass is 332 g/mol. The first-order valence-corrected chi connectivity index (χ1v) is 7.40. The van der Waals surface area contributed by atoms with Crippen LogP contribution in [0.15, 0.2) is 16.6 Å². The third-order valence-corrected chi connectivity index (χ3v) is 4.49. The minimum absolute atomic E-state index is 0.269. The number of likely N-dealkylation sites (N-methyl/N-ethyl adjacent to an activating group) is 1. The number of hydrogen-bond acceptors (Lipinski definition) is 2. The van der Waals surface area contributed by atoms with Gasteiger partial charge in [-0.3, -0.25) is 0 Å². The Morgan fingerprint density at radius 2 is 1.74 bits per heavy atom. The molecule has 0 amide bonds. The quantitative estimate of drug-likeness (QED) is 0.782. The zero-order valence-corrected chi connectivity index (χ0v) is 12.7. The van der Waals surface area contributed by atoms with Crippen LogP contribution in [0, 0.1) is 11.6 Å². The van der Waals surface area contributed by atoms with Gasteiger partial charge in [0.05, 0.1) is 4.47 Å². The van der Waals surface area contributed by atoms with Crippen molar-refractivity contribution < 1.29 is 8.78 Å². The van der Waals surface area contributed by atoms with Crippen molar-refractivity contribution in [1.29, 1.82) is 0 Å². The van der Waals surface area contributed by atoms with E-state index in [9.17, 15) is 8.78 Å². The van der Waals surface area contributed by atoms with Crippen LogP contribution in [0.2, 0.25) is 0 Å². The zero-order valence-electron chi connectivity index (χ0n) is 11.1. The molecule has 1 aromatic rings. The van der Waals surface area contributed by atoms with Crippen molar-refractivity contribution in [2.75, 3.05) is 39.8 Å². The molecule has 0 spiro atoms. The van der Waals surface area contributed by atoms with E-state index in [1.54, 1.807) is 0 Å². The van der Waals surface area contributed by atoms with E-state index in [1.807, 2.05) is 0 Å². The number of benzene rings is 1. The number of halogens is 3. The molecule has 19 heavy (non-hydrogen) atoms. The lowest BCUT2D eigenvalue weighted by atomic mass is 10.1. The fraction of sp³-hybridized carbons (Fsp3) is 0.571. The summed E-state index contributed by atoms with van der Waals surface area (Å²) in [5.74, 6) is -0.720. The molecule has 1 heterocycles. The molecule has 2 nitrogen and oxygen atoms in total. The van der Waals surface area contributed by atoms with E-state index in [2.05, 4.69) is 32.8 Å². The topological polar surface area (TPSA) is 6.48 Å². The minimum Gasteiger partial charge on any atom is -0.304 e. The smallest absolute Gasteiger partial charge is 0.137 e. The molecule has 0 bridgehead atoms. The third-order valence-electron chi connectivity index (χ3n) is 3.64. The Bertz CT molecular complexity index is 432. The molecule has 1 aromatic carbocycles. The molecular weight excluding hydrogens is 314 g/mol. The maximum absolute atomic E-state index is 13.6. The molecule has 0 aromatic heterocycles. The summed E-state index contributed by atoms with van der Waals surface area (Å²) in [7, 11) is 2.12. The normalized spacial score (nSPS) is 17.9. The number of rotatable bonds is 4. The van der Waals surface area contributed by atoms with Crippen molar-refractivity contribution >= 4 is 15.9 Å². The Hall–Kier alpha value is -0.520. The summed E-state index contributed by atoms with van der Waals surface area (Å²) in [5, 5.41) is 0. The van der Waals surface area contributed by atoms with Crippen molar-refractivity contribution in [3.05, 3.63) is 33.8 Å². The largest absolute Gasteiger partial charge is 0.304 e. The summed E-state index contributed by atoms with van der Waals surface area (Å²) in [4.78, 5) is 4.68. The highest BCUT2D eigenvalue weighted by atomic mass is 79.9. The van der Waals surface area contributed by atoms with Crippen molar-refractivity contribution in [2.24, 2.45) is 0 Å². The Morgan fingerprint density at radius 3 is 2.42 bits per heavy atom. The molecular formula is C14H19BrF2N2. The van der Waals surface area contributed by atoms with Gasteiger partial charge in [0.1, 0.15) is 11.6 Å². The Morgan fingerprint density at radius 1 is 1.11 bits per heavy atom. The van der Waals surface area contributed by atoms with Gasteiger partial charge < -0.3 is 9.80 Å². The predicted molar refractivity (Wildman–Crippen MR) is 76.3 cm³/mol. The summed E-state index contributed by atoms with van der Waals surface area (Å²) >= 11 is 3.13. The van der Waals surface area contributed by atoms with Crippen molar-refractivity contribution in [3.63, 3.8) is 0 Å². The molecule has 0 N–H and O–H groups in total. The molecule has 1 aliphatic heterocycles. The maximum atomic E-state index is 13.6. The maximum Gasteiger partial charge on any atom is 0.137 e. The number of nitrogens with zero attached hydrogens (tertiary/aromatic N) is 2. The Labute approximate surface area is 121 Å². The fourth-order valence-corrected chi connectivity index (χ4v) is 2.87. The molecule has 0 saturated carbocycles. The highest BCUT2D eigenvalue weighted by Gasteiger charge is 2.15. The van der Waals surface area contributed by atoms with Crippen LogP contribution in [0.1, 0.15) is 12.0 Å². The van der Waals surface area contributed by atoms with Crippen LogP contribution in [-0.4, -0.2) is 49.6 Å². The van der Waals surface area contributed by atoms with E-state index >= 15 is 0 Å². The summed E-state index contributed by atoms with van der Waals surface area (Å²) in [5.41, 5.74) is 0.453. The third kappa shape index (κ3) is 3.97. The number of piperazine rings is 1. The lowest BCUT2D eigenvalue weighted by molar-refractivity contribution is 0.153. The van der Waals surface area contributed by atoms with Crippen LogP contribution in [0.25, 0.3) is 0 Å². The lowest BCUT2D eigenvalue weighted by Gasteiger charge is -2.32. The second-order valence-electron chi connectivity index (χ2n) is 5.07. The molecule has 2 rings (SSSR count). The second kappa shape index (κ2) is 6.77. The Balaban J connectivity index is 1.84. The summed E-state index contributed by atoms with van der Waals surface area (Å²) in [6, 6.07) is 2.36.